The van der Waals surface area contributed by atoms with E-state index >= 15 is 0 Å². The molecular weight excluding hydrogens is 400 g/mol. The van der Waals surface area contributed by atoms with Crippen LogP contribution in [0.2, 0.25) is 0 Å². The van der Waals surface area contributed by atoms with Crippen molar-refractivity contribution in [1.29, 1.82) is 0 Å². The van der Waals surface area contributed by atoms with E-state index in [0.717, 1.165) is 11.3 Å². The van der Waals surface area contributed by atoms with Gasteiger partial charge in [0.1, 0.15) is 11.4 Å². The van der Waals surface area contributed by atoms with Crippen molar-refractivity contribution in [2.45, 2.75) is 0 Å². The number of amides is 2. The van der Waals surface area contributed by atoms with Gasteiger partial charge in [-0.1, -0.05) is 0 Å². The Morgan fingerprint density at radius 3 is 2.31 bits per heavy atom. The molecule has 0 aliphatic heterocycles. The molecule has 2 N–H and O–H groups in total. The number of nitrogens with one attached hydrogen (secondary N) is 2. The highest BCUT2D eigenvalue weighted by Gasteiger charge is 2.19. The number of carbonyl (C=O) groups is 2. The second-order valence-electron chi connectivity index (χ2n) is 5.69. The lowest BCUT2D eigenvalue weighted by Gasteiger charge is -2.13. The number of hydrogen-bond acceptors (Lipinski definition) is 9. The van der Waals surface area contributed by atoms with Gasteiger partial charge in [-0.2, -0.15) is 5.06 Å². The zero-order chi connectivity index (χ0) is 21.4. The Bertz CT molecular complexity index is 857. The first-order chi connectivity index (χ1) is 13.9. The van der Waals surface area contributed by atoms with Crippen LogP contribution in [0.3, 0.4) is 0 Å². The number of methoxy groups -OCH3 is 3. The SMILES string of the molecule is COc1cc(OC)c(C(=O)Nc2nc(C(=O)NCCN(C)OC)cs2)cc1OC. The summed E-state index contributed by atoms with van der Waals surface area (Å²) < 4.78 is 15.7. The van der Waals surface area contributed by atoms with Crippen LogP contribution < -0.4 is 24.8 Å². The molecule has 0 unspecified atom stereocenters. The number of anilines is 1. The fourth-order valence-electron chi connectivity index (χ4n) is 2.32. The summed E-state index contributed by atoms with van der Waals surface area (Å²) in [7, 11) is 7.72. The van der Waals surface area contributed by atoms with E-state index in [4.69, 9.17) is 19.0 Å². The zero-order valence-electron chi connectivity index (χ0n) is 16.9. The molecule has 0 aliphatic rings. The quantitative estimate of drug-likeness (QED) is 0.554. The van der Waals surface area contributed by atoms with Gasteiger partial charge in [0.25, 0.3) is 11.8 Å². The average Bonchev–Trinajstić information content (AvgIpc) is 3.20. The van der Waals surface area contributed by atoms with Gasteiger partial charge < -0.3 is 24.4 Å². The maximum atomic E-state index is 12.7. The number of hydrogen-bond donors (Lipinski definition) is 2. The van der Waals surface area contributed by atoms with E-state index < -0.39 is 5.91 Å². The Labute approximate surface area is 172 Å². The van der Waals surface area contributed by atoms with E-state index in [-0.39, 0.29) is 22.3 Å². The second kappa shape index (κ2) is 10.6. The monoisotopic (exact) mass is 424 g/mol. The molecule has 29 heavy (non-hydrogen) atoms. The van der Waals surface area contributed by atoms with E-state index in [0.29, 0.717) is 30.3 Å². The highest BCUT2D eigenvalue weighted by Crippen LogP contribution is 2.35. The van der Waals surface area contributed by atoms with Gasteiger partial charge in [-0.3, -0.25) is 14.9 Å². The van der Waals surface area contributed by atoms with E-state index in [1.807, 2.05) is 0 Å². The third kappa shape index (κ3) is 5.79. The molecule has 1 aromatic carbocycles. The van der Waals surface area contributed by atoms with Gasteiger partial charge in [-0.25, -0.2) is 4.98 Å². The molecule has 1 aromatic heterocycles. The van der Waals surface area contributed by atoms with E-state index in [2.05, 4.69) is 15.6 Å². The van der Waals surface area contributed by atoms with Crippen molar-refractivity contribution in [2.24, 2.45) is 0 Å². The highest BCUT2D eigenvalue weighted by molar-refractivity contribution is 7.14. The number of benzene rings is 1. The standard InChI is InChI=1S/C18H24N4O6S/c1-22(28-5)7-6-19-17(24)12-10-29-18(20-12)21-16(23)11-8-14(26-3)15(27-4)9-13(11)25-2/h8-10H,6-7H2,1-5H3,(H,19,24)(H,20,21,23). The molecule has 10 nitrogen and oxygen atoms in total. The molecule has 1 heterocycles. The van der Waals surface area contributed by atoms with Crippen molar-refractivity contribution >= 4 is 28.3 Å². The maximum absolute atomic E-state index is 12.7. The summed E-state index contributed by atoms with van der Waals surface area (Å²) in [6.07, 6.45) is 0. The third-order valence-electron chi connectivity index (χ3n) is 3.93. The highest BCUT2D eigenvalue weighted by atomic mass is 32.1. The number of nitrogens with zero attached hydrogens (tertiary/aromatic N) is 2. The first-order valence-corrected chi connectivity index (χ1v) is 9.41. The summed E-state index contributed by atoms with van der Waals surface area (Å²) in [6.45, 7) is 0.917. The number of carbonyl (C=O) groups excluding carboxylic acids is 2. The Morgan fingerprint density at radius 2 is 1.69 bits per heavy atom. The van der Waals surface area contributed by atoms with Gasteiger partial charge in [0.05, 0.1) is 34.0 Å². The molecule has 0 saturated heterocycles. The number of aromatic nitrogens is 1. The topological polar surface area (TPSA) is 111 Å². The summed E-state index contributed by atoms with van der Waals surface area (Å²) in [4.78, 5) is 34.0. The molecule has 0 saturated carbocycles. The van der Waals surface area contributed by atoms with Crippen molar-refractivity contribution in [1.82, 2.24) is 15.4 Å². The molecule has 2 rings (SSSR count). The summed E-state index contributed by atoms with van der Waals surface area (Å²) in [5.41, 5.74) is 0.457. The first-order valence-electron chi connectivity index (χ1n) is 8.53. The van der Waals surface area contributed by atoms with Crippen LogP contribution in [0.1, 0.15) is 20.8 Å². The molecule has 0 radical (unpaired) electrons. The van der Waals surface area contributed by atoms with Crippen molar-refractivity contribution in [3.05, 3.63) is 28.8 Å². The zero-order valence-corrected chi connectivity index (χ0v) is 17.7. The van der Waals surface area contributed by atoms with E-state index in [1.165, 1.54) is 27.4 Å². The largest absolute Gasteiger partial charge is 0.496 e. The molecule has 0 fully saturated rings. The fourth-order valence-corrected chi connectivity index (χ4v) is 3.00. The maximum Gasteiger partial charge on any atom is 0.270 e. The first kappa shape index (κ1) is 22.4. The average molecular weight is 424 g/mol. The summed E-state index contributed by atoms with van der Waals surface area (Å²) >= 11 is 1.14. The molecule has 11 heteroatoms. The van der Waals surface area contributed by atoms with Gasteiger partial charge in [0.15, 0.2) is 16.6 Å². The van der Waals surface area contributed by atoms with Crippen molar-refractivity contribution < 1.29 is 28.6 Å². The smallest absolute Gasteiger partial charge is 0.270 e. The lowest BCUT2D eigenvalue weighted by atomic mass is 10.1. The van der Waals surface area contributed by atoms with Gasteiger partial charge in [0, 0.05) is 37.6 Å². The molecular formula is C18H24N4O6S. The number of likely N-dealkylation sites (N-methyl/N-ethyl adjacent to an activating group) is 1. The van der Waals surface area contributed by atoms with Crippen LogP contribution in [0.25, 0.3) is 0 Å². The Kier molecular flexibility index (Phi) is 8.19. The molecule has 158 valence electrons. The van der Waals surface area contributed by atoms with E-state index in [1.54, 1.807) is 30.7 Å². The Morgan fingerprint density at radius 1 is 1.03 bits per heavy atom. The summed E-state index contributed by atoms with van der Waals surface area (Å²) in [5.74, 6) is 0.352. The molecule has 0 atom stereocenters. The minimum Gasteiger partial charge on any atom is -0.496 e. The number of ether oxygens (including phenoxy) is 3. The lowest BCUT2D eigenvalue weighted by molar-refractivity contribution is -0.107. The molecule has 2 aromatic rings. The van der Waals surface area contributed by atoms with Gasteiger partial charge in [-0.15, -0.1) is 11.3 Å². The molecule has 0 spiro atoms. The lowest BCUT2D eigenvalue weighted by Crippen LogP contribution is -2.32. The third-order valence-corrected chi connectivity index (χ3v) is 4.69. The van der Waals surface area contributed by atoms with Gasteiger partial charge in [0.2, 0.25) is 0 Å². The number of hydroxylamine groups is 2. The Hall–Kier alpha value is -2.89. The molecule has 0 aliphatic carbocycles. The van der Waals surface area contributed by atoms with Crippen LogP contribution in [0.4, 0.5) is 5.13 Å². The van der Waals surface area contributed by atoms with Crippen LogP contribution in [0.15, 0.2) is 17.5 Å². The van der Waals surface area contributed by atoms with E-state index in [9.17, 15) is 9.59 Å². The number of thiazole rings is 1. The fraction of sp³-hybridized carbons (Fsp3) is 0.389. The van der Waals surface area contributed by atoms with Crippen molar-refractivity contribution in [3.63, 3.8) is 0 Å². The van der Waals surface area contributed by atoms with Crippen LogP contribution >= 0.6 is 11.3 Å². The van der Waals surface area contributed by atoms with Crippen LogP contribution in [0.5, 0.6) is 17.2 Å². The minimum absolute atomic E-state index is 0.213. The predicted molar refractivity (Wildman–Crippen MR) is 108 cm³/mol. The molecule has 2 amide bonds. The van der Waals surface area contributed by atoms with Crippen LogP contribution in [-0.4, -0.2) is 70.4 Å². The molecule has 0 bridgehead atoms. The summed E-state index contributed by atoms with van der Waals surface area (Å²) in [6, 6.07) is 3.08. The second-order valence-corrected chi connectivity index (χ2v) is 6.55. The van der Waals surface area contributed by atoms with Crippen LogP contribution in [-0.2, 0) is 4.84 Å². The predicted octanol–water partition coefficient (Wildman–Crippen LogP) is 1.64. The van der Waals surface area contributed by atoms with Crippen molar-refractivity contribution in [3.8, 4) is 17.2 Å². The summed E-state index contributed by atoms with van der Waals surface area (Å²) in [5, 5.41) is 8.83. The number of rotatable bonds is 10. The minimum atomic E-state index is -0.453. The van der Waals surface area contributed by atoms with Crippen LogP contribution in [0, 0.1) is 0 Å². The van der Waals surface area contributed by atoms with Crippen molar-refractivity contribution in [2.75, 3.05) is 53.9 Å². The van der Waals surface area contributed by atoms with Gasteiger partial charge >= 0.3 is 0 Å². The Balaban J connectivity index is 2.07. The van der Waals surface area contributed by atoms with Gasteiger partial charge in [-0.05, 0) is 0 Å². The normalized spacial score (nSPS) is 10.6.